The molecule has 0 atom stereocenters. The molecule has 0 amide bonds. The molecule has 1 aliphatic heterocycles. The van der Waals surface area contributed by atoms with Gasteiger partial charge in [0.05, 0.1) is 4.91 Å². The van der Waals surface area contributed by atoms with E-state index in [4.69, 9.17) is 16.3 Å². The van der Waals surface area contributed by atoms with Crippen molar-refractivity contribution in [3.63, 3.8) is 0 Å². The minimum Gasteiger partial charge on any atom is -0.402 e. The molecule has 132 valence electrons. The van der Waals surface area contributed by atoms with E-state index in [-0.39, 0.29) is 0 Å². The number of cyclic esters (lactones) is 1. The van der Waals surface area contributed by atoms with Crippen LogP contribution >= 0.6 is 23.4 Å². The van der Waals surface area contributed by atoms with Gasteiger partial charge in [0.2, 0.25) is 5.90 Å². The Morgan fingerprint density at radius 2 is 1.48 bits per heavy atom. The van der Waals surface area contributed by atoms with Gasteiger partial charge in [-0.2, -0.15) is 0 Å². The molecule has 0 saturated carbocycles. The lowest BCUT2D eigenvalue weighted by atomic mass is 10.2. The summed E-state index contributed by atoms with van der Waals surface area (Å²) in [5.74, 6) is -0.130. The molecule has 27 heavy (non-hydrogen) atoms. The van der Waals surface area contributed by atoms with E-state index >= 15 is 0 Å². The zero-order chi connectivity index (χ0) is 18.6. The Morgan fingerprint density at radius 3 is 2.15 bits per heavy atom. The standard InChI is InChI=1S/C22H14ClNO2S/c23-17-11-13-18(14-12-17)27-20(15-7-3-1-4-8-15)19-22(25)26-21(24-19)16-9-5-2-6-10-16/h1-14H/b20-19-. The lowest BCUT2D eigenvalue weighted by molar-refractivity contribution is -0.129. The summed E-state index contributed by atoms with van der Waals surface area (Å²) in [6.45, 7) is 0. The number of carbonyl (C=O) groups is 1. The molecular weight excluding hydrogens is 378 g/mol. The van der Waals surface area contributed by atoms with E-state index in [1.807, 2.05) is 84.9 Å². The molecule has 4 rings (SSSR count). The van der Waals surface area contributed by atoms with Crippen LogP contribution < -0.4 is 0 Å². The third-order valence-electron chi connectivity index (χ3n) is 3.90. The van der Waals surface area contributed by atoms with Crippen molar-refractivity contribution in [3.8, 4) is 0 Å². The molecule has 0 aliphatic carbocycles. The normalized spacial score (nSPS) is 15.3. The Bertz CT molecular complexity index is 1030. The van der Waals surface area contributed by atoms with Crippen LogP contribution in [0.25, 0.3) is 4.91 Å². The number of aliphatic imine (C=N–C) groups is 1. The fraction of sp³-hybridized carbons (Fsp3) is 0. The fourth-order valence-corrected chi connectivity index (χ4v) is 3.72. The SMILES string of the molecule is O=C1OC(c2ccccc2)=N/C1=C(\Sc1ccc(Cl)cc1)c1ccccc1. The second-order valence-electron chi connectivity index (χ2n) is 5.77. The van der Waals surface area contributed by atoms with Crippen molar-refractivity contribution in [1.29, 1.82) is 0 Å². The number of benzene rings is 3. The summed E-state index contributed by atoms with van der Waals surface area (Å²) >= 11 is 7.45. The predicted octanol–water partition coefficient (Wildman–Crippen LogP) is 5.80. The molecule has 1 aliphatic rings. The Morgan fingerprint density at radius 1 is 0.852 bits per heavy atom. The second kappa shape index (κ2) is 7.82. The fourth-order valence-electron chi connectivity index (χ4n) is 2.61. The monoisotopic (exact) mass is 391 g/mol. The first-order chi connectivity index (χ1) is 13.2. The highest BCUT2D eigenvalue weighted by molar-refractivity contribution is 8.08. The van der Waals surface area contributed by atoms with Gasteiger partial charge in [0.1, 0.15) is 0 Å². The van der Waals surface area contributed by atoms with Crippen molar-refractivity contribution in [2.24, 2.45) is 4.99 Å². The van der Waals surface area contributed by atoms with Crippen LogP contribution in [0, 0.1) is 0 Å². The summed E-state index contributed by atoms with van der Waals surface area (Å²) < 4.78 is 5.44. The van der Waals surface area contributed by atoms with Crippen LogP contribution in [0.2, 0.25) is 5.02 Å². The molecule has 0 spiro atoms. The van der Waals surface area contributed by atoms with Gasteiger partial charge in [0.15, 0.2) is 5.70 Å². The van der Waals surface area contributed by atoms with E-state index in [1.54, 1.807) is 0 Å². The molecule has 3 aromatic carbocycles. The van der Waals surface area contributed by atoms with Gasteiger partial charge >= 0.3 is 5.97 Å². The molecule has 0 unspecified atom stereocenters. The first-order valence-corrected chi connectivity index (χ1v) is 9.49. The first-order valence-electron chi connectivity index (χ1n) is 8.30. The largest absolute Gasteiger partial charge is 0.402 e. The van der Waals surface area contributed by atoms with E-state index in [9.17, 15) is 4.79 Å². The third kappa shape index (κ3) is 3.97. The van der Waals surface area contributed by atoms with E-state index in [0.29, 0.717) is 16.6 Å². The van der Waals surface area contributed by atoms with Gasteiger partial charge in [-0.3, -0.25) is 0 Å². The van der Waals surface area contributed by atoms with Gasteiger partial charge in [-0.1, -0.05) is 71.9 Å². The van der Waals surface area contributed by atoms with Gasteiger partial charge in [-0.25, -0.2) is 9.79 Å². The maximum atomic E-state index is 12.6. The molecule has 0 fully saturated rings. The number of halogens is 1. The van der Waals surface area contributed by atoms with Crippen LogP contribution in [-0.2, 0) is 9.53 Å². The van der Waals surface area contributed by atoms with E-state index in [2.05, 4.69) is 4.99 Å². The molecule has 0 aromatic heterocycles. The number of nitrogens with zero attached hydrogens (tertiary/aromatic N) is 1. The number of ether oxygens (including phenoxy) is 1. The lowest BCUT2D eigenvalue weighted by Crippen LogP contribution is -2.05. The second-order valence-corrected chi connectivity index (χ2v) is 7.29. The summed E-state index contributed by atoms with van der Waals surface area (Å²) in [5.41, 5.74) is 1.98. The Kier molecular flexibility index (Phi) is 5.10. The molecule has 1 heterocycles. The van der Waals surface area contributed by atoms with Crippen molar-refractivity contribution < 1.29 is 9.53 Å². The Hall–Kier alpha value is -2.82. The first kappa shape index (κ1) is 17.6. The number of rotatable bonds is 4. The molecule has 3 aromatic rings. The van der Waals surface area contributed by atoms with Crippen LogP contribution in [0.4, 0.5) is 0 Å². The summed E-state index contributed by atoms with van der Waals surface area (Å²) in [6.07, 6.45) is 0. The predicted molar refractivity (Wildman–Crippen MR) is 110 cm³/mol. The summed E-state index contributed by atoms with van der Waals surface area (Å²) in [6, 6.07) is 26.6. The van der Waals surface area contributed by atoms with Crippen molar-refractivity contribution in [2.45, 2.75) is 4.90 Å². The number of hydrogen-bond donors (Lipinski definition) is 0. The molecule has 0 radical (unpaired) electrons. The van der Waals surface area contributed by atoms with Gasteiger partial charge in [0.25, 0.3) is 0 Å². The number of thioether (sulfide) groups is 1. The van der Waals surface area contributed by atoms with Gasteiger partial charge in [-0.05, 0) is 42.0 Å². The summed E-state index contributed by atoms with van der Waals surface area (Å²) in [4.78, 5) is 18.8. The number of carbonyl (C=O) groups excluding carboxylic acids is 1. The molecule has 5 heteroatoms. The topological polar surface area (TPSA) is 38.7 Å². The summed E-state index contributed by atoms with van der Waals surface area (Å²) in [5, 5.41) is 0.665. The maximum Gasteiger partial charge on any atom is 0.365 e. The smallest absolute Gasteiger partial charge is 0.365 e. The zero-order valence-corrected chi connectivity index (χ0v) is 15.7. The van der Waals surface area contributed by atoms with Crippen LogP contribution in [0.1, 0.15) is 11.1 Å². The highest BCUT2D eigenvalue weighted by atomic mass is 35.5. The Balaban J connectivity index is 1.80. The van der Waals surface area contributed by atoms with Crippen LogP contribution in [0.15, 0.2) is 101 Å². The molecular formula is C22H14ClNO2S. The van der Waals surface area contributed by atoms with Crippen molar-refractivity contribution >= 4 is 40.1 Å². The van der Waals surface area contributed by atoms with E-state index in [0.717, 1.165) is 20.9 Å². The van der Waals surface area contributed by atoms with Gasteiger partial charge < -0.3 is 4.74 Å². The van der Waals surface area contributed by atoms with Crippen LogP contribution in [-0.4, -0.2) is 11.9 Å². The van der Waals surface area contributed by atoms with Crippen molar-refractivity contribution in [3.05, 3.63) is 107 Å². The third-order valence-corrected chi connectivity index (χ3v) is 5.29. The van der Waals surface area contributed by atoms with Gasteiger partial charge in [0, 0.05) is 15.5 Å². The lowest BCUT2D eigenvalue weighted by Gasteiger charge is -2.08. The quantitative estimate of drug-likeness (QED) is 0.320. The minimum atomic E-state index is -0.450. The summed E-state index contributed by atoms with van der Waals surface area (Å²) in [7, 11) is 0. The highest BCUT2D eigenvalue weighted by Gasteiger charge is 2.28. The zero-order valence-electron chi connectivity index (χ0n) is 14.1. The van der Waals surface area contributed by atoms with Crippen LogP contribution in [0.5, 0.6) is 0 Å². The average Bonchev–Trinajstić information content (AvgIpc) is 3.10. The Labute approximate surface area is 166 Å². The molecule has 0 bridgehead atoms. The molecule has 3 nitrogen and oxygen atoms in total. The van der Waals surface area contributed by atoms with Crippen molar-refractivity contribution in [1.82, 2.24) is 0 Å². The minimum absolute atomic E-state index is 0.306. The maximum absolute atomic E-state index is 12.6. The molecule has 0 N–H and O–H groups in total. The van der Waals surface area contributed by atoms with E-state index < -0.39 is 5.97 Å². The number of esters is 1. The number of hydrogen-bond acceptors (Lipinski definition) is 4. The van der Waals surface area contributed by atoms with Crippen LogP contribution in [0.3, 0.4) is 0 Å². The van der Waals surface area contributed by atoms with Crippen molar-refractivity contribution in [2.75, 3.05) is 0 Å². The van der Waals surface area contributed by atoms with E-state index in [1.165, 1.54) is 11.8 Å². The average molecular weight is 392 g/mol. The molecule has 0 saturated heterocycles. The van der Waals surface area contributed by atoms with Gasteiger partial charge in [-0.15, -0.1) is 0 Å². The highest BCUT2D eigenvalue weighted by Crippen LogP contribution is 2.39.